The van der Waals surface area contributed by atoms with Gasteiger partial charge in [-0.2, -0.15) is 0 Å². The first-order valence-corrected chi connectivity index (χ1v) is 8.32. The maximum Gasteiger partial charge on any atom is 0.0104 e. The van der Waals surface area contributed by atoms with Gasteiger partial charge >= 0.3 is 0 Å². The Morgan fingerprint density at radius 3 is 2.29 bits per heavy atom. The lowest BCUT2D eigenvalue weighted by molar-refractivity contribution is 0.263. The Balaban J connectivity index is 2.57. The van der Waals surface area contributed by atoms with E-state index < -0.39 is 0 Å². The Morgan fingerprint density at radius 1 is 1.14 bits per heavy atom. The largest absolute Gasteiger partial charge is 0.311 e. The molecule has 21 heavy (non-hydrogen) atoms. The van der Waals surface area contributed by atoms with E-state index in [1.165, 1.54) is 12.0 Å². The van der Waals surface area contributed by atoms with Crippen LogP contribution in [0.15, 0.2) is 30.3 Å². The molecule has 0 saturated carbocycles. The second-order valence-corrected chi connectivity index (χ2v) is 7.34. The van der Waals surface area contributed by atoms with Gasteiger partial charge in [0.25, 0.3) is 0 Å². The molecule has 0 aliphatic heterocycles. The number of benzene rings is 1. The van der Waals surface area contributed by atoms with E-state index in [4.69, 9.17) is 0 Å². The molecule has 0 saturated heterocycles. The molecule has 0 aromatic heterocycles. The fourth-order valence-corrected chi connectivity index (χ4v) is 2.65. The van der Waals surface area contributed by atoms with Crippen LogP contribution in [0.2, 0.25) is 0 Å². The van der Waals surface area contributed by atoms with Crippen LogP contribution in [-0.4, -0.2) is 37.1 Å². The predicted molar refractivity (Wildman–Crippen MR) is 93.9 cm³/mol. The molecule has 1 aromatic rings. The summed E-state index contributed by atoms with van der Waals surface area (Å²) in [7, 11) is 2.24. The van der Waals surface area contributed by atoms with Gasteiger partial charge in [-0.3, -0.25) is 0 Å². The first kappa shape index (κ1) is 18.2. The average Bonchev–Trinajstić information content (AvgIpc) is 2.43. The molecule has 1 aromatic carbocycles. The van der Waals surface area contributed by atoms with Crippen molar-refractivity contribution in [2.24, 2.45) is 5.92 Å². The van der Waals surface area contributed by atoms with Gasteiger partial charge in [0.05, 0.1) is 0 Å². The fraction of sp³-hybridized carbons (Fsp3) is 0.684. The number of nitrogens with zero attached hydrogens (tertiary/aromatic N) is 1. The van der Waals surface area contributed by atoms with E-state index in [2.05, 4.69) is 82.2 Å². The van der Waals surface area contributed by atoms with Crippen molar-refractivity contribution in [2.45, 2.75) is 52.5 Å². The highest BCUT2D eigenvalue weighted by Crippen LogP contribution is 2.27. The van der Waals surface area contributed by atoms with Gasteiger partial charge in [0.2, 0.25) is 0 Å². The Hall–Kier alpha value is -0.860. The zero-order valence-electron chi connectivity index (χ0n) is 14.8. The van der Waals surface area contributed by atoms with Crippen LogP contribution in [-0.2, 0) is 0 Å². The zero-order valence-corrected chi connectivity index (χ0v) is 14.8. The number of nitrogens with one attached hydrogen (secondary N) is 1. The highest BCUT2D eigenvalue weighted by Gasteiger charge is 2.19. The summed E-state index contributed by atoms with van der Waals surface area (Å²) in [6.07, 6.45) is 1.23. The maximum absolute atomic E-state index is 3.57. The molecule has 0 amide bonds. The topological polar surface area (TPSA) is 15.3 Å². The van der Waals surface area contributed by atoms with E-state index in [0.717, 1.165) is 19.6 Å². The fourth-order valence-electron chi connectivity index (χ4n) is 2.65. The summed E-state index contributed by atoms with van der Waals surface area (Å²) in [6, 6.07) is 11.0. The third kappa shape index (κ3) is 7.10. The Bertz CT molecular complexity index is 380. The minimum Gasteiger partial charge on any atom is -0.311 e. The van der Waals surface area contributed by atoms with Crippen molar-refractivity contribution in [3.8, 4) is 0 Å². The maximum atomic E-state index is 3.57. The van der Waals surface area contributed by atoms with E-state index >= 15 is 0 Å². The van der Waals surface area contributed by atoms with Crippen LogP contribution in [0.25, 0.3) is 0 Å². The summed E-state index contributed by atoms with van der Waals surface area (Å²) < 4.78 is 0. The molecule has 0 bridgehead atoms. The van der Waals surface area contributed by atoms with Crippen LogP contribution in [0.1, 0.15) is 52.5 Å². The molecule has 2 nitrogen and oxygen atoms in total. The van der Waals surface area contributed by atoms with Crippen LogP contribution in [0, 0.1) is 5.92 Å². The van der Waals surface area contributed by atoms with Gasteiger partial charge in [-0.15, -0.1) is 0 Å². The molecule has 2 heteroatoms. The molecule has 2 unspecified atom stereocenters. The van der Waals surface area contributed by atoms with Crippen molar-refractivity contribution < 1.29 is 0 Å². The number of rotatable bonds is 8. The normalized spacial score (nSPS) is 15.2. The summed E-state index contributed by atoms with van der Waals surface area (Å²) in [6.45, 7) is 14.6. The quantitative estimate of drug-likeness (QED) is 0.774. The first-order chi connectivity index (χ1) is 9.83. The molecule has 0 aliphatic rings. The first-order valence-electron chi connectivity index (χ1n) is 8.32. The highest BCUT2D eigenvalue weighted by molar-refractivity contribution is 5.20. The average molecular weight is 290 g/mol. The second kappa shape index (κ2) is 8.55. The van der Waals surface area contributed by atoms with Crippen molar-refractivity contribution >= 4 is 0 Å². The summed E-state index contributed by atoms with van der Waals surface area (Å²) in [5.41, 5.74) is 1.68. The molecular weight excluding hydrogens is 256 g/mol. The number of hydrogen-bond acceptors (Lipinski definition) is 2. The molecule has 0 spiro atoms. The van der Waals surface area contributed by atoms with Gasteiger partial charge in [0, 0.05) is 25.2 Å². The van der Waals surface area contributed by atoms with E-state index in [1.54, 1.807) is 0 Å². The number of hydrogen-bond donors (Lipinski definition) is 1. The zero-order chi connectivity index (χ0) is 15.9. The van der Waals surface area contributed by atoms with Crippen molar-refractivity contribution in [3.63, 3.8) is 0 Å². The van der Waals surface area contributed by atoms with Crippen LogP contribution in [0.5, 0.6) is 0 Å². The van der Waals surface area contributed by atoms with Crippen molar-refractivity contribution in [3.05, 3.63) is 35.9 Å². The smallest absolute Gasteiger partial charge is 0.0104 e. The van der Waals surface area contributed by atoms with E-state index in [1.807, 2.05) is 0 Å². The SMILES string of the molecule is CCC(C)C(CN(C)CCNC(C)(C)C)c1ccccc1. The van der Waals surface area contributed by atoms with Crippen LogP contribution < -0.4 is 5.32 Å². The summed E-state index contributed by atoms with van der Waals surface area (Å²) in [5, 5.41) is 3.57. The summed E-state index contributed by atoms with van der Waals surface area (Å²) in [4.78, 5) is 2.46. The van der Waals surface area contributed by atoms with E-state index in [0.29, 0.717) is 11.8 Å². The monoisotopic (exact) mass is 290 g/mol. The van der Waals surface area contributed by atoms with Gasteiger partial charge in [-0.1, -0.05) is 50.6 Å². The van der Waals surface area contributed by atoms with Crippen molar-refractivity contribution in [1.82, 2.24) is 10.2 Å². The van der Waals surface area contributed by atoms with E-state index in [-0.39, 0.29) is 5.54 Å². The lowest BCUT2D eigenvalue weighted by Crippen LogP contribution is -2.41. The van der Waals surface area contributed by atoms with Gasteiger partial charge in [-0.25, -0.2) is 0 Å². The Labute approximate surface area is 131 Å². The van der Waals surface area contributed by atoms with Crippen LogP contribution >= 0.6 is 0 Å². The minimum atomic E-state index is 0.205. The third-order valence-corrected chi connectivity index (χ3v) is 4.22. The molecule has 0 fully saturated rings. The molecule has 0 aliphatic carbocycles. The summed E-state index contributed by atoms with van der Waals surface area (Å²) in [5.74, 6) is 1.33. The predicted octanol–water partition coefficient (Wildman–Crippen LogP) is 4.14. The summed E-state index contributed by atoms with van der Waals surface area (Å²) >= 11 is 0. The molecule has 2 atom stereocenters. The van der Waals surface area contributed by atoms with Gasteiger partial charge in [0.15, 0.2) is 0 Å². The van der Waals surface area contributed by atoms with Gasteiger partial charge in [-0.05, 0) is 45.2 Å². The highest BCUT2D eigenvalue weighted by atomic mass is 15.1. The van der Waals surface area contributed by atoms with Crippen LogP contribution in [0.3, 0.4) is 0 Å². The standard InChI is InChI=1S/C19H34N2/c1-7-16(2)18(17-11-9-8-10-12-17)15-21(6)14-13-20-19(3,4)5/h8-12,16,18,20H,7,13-15H2,1-6H3. The van der Waals surface area contributed by atoms with Crippen molar-refractivity contribution in [2.75, 3.05) is 26.7 Å². The molecular formula is C19H34N2. The molecule has 0 radical (unpaired) electrons. The van der Waals surface area contributed by atoms with Crippen molar-refractivity contribution in [1.29, 1.82) is 0 Å². The van der Waals surface area contributed by atoms with Gasteiger partial charge in [0.1, 0.15) is 0 Å². The molecule has 1 N–H and O–H groups in total. The number of likely N-dealkylation sites (N-methyl/N-ethyl adjacent to an activating group) is 1. The third-order valence-electron chi connectivity index (χ3n) is 4.22. The van der Waals surface area contributed by atoms with Gasteiger partial charge < -0.3 is 10.2 Å². The van der Waals surface area contributed by atoms with Crippen LogP contribution in [0.4, 0.5) is 0 Å². The second-order valence-electron chi connectivity index (χ2n) is 7.34. The Morgan fingerprint density at radius 2 is 1.76 bits per heavy atom. The molecule has 0 heterocycles. The van der Waals surface area contributed by atoms with E-state index in [9.17, 15) is 0 Å². The minimum absolute atomic E-state index is 0.205. The lowest BCUT2D eigenvalue weighted by Gasteiger charge is -2.30. The molecule has 1 rings (SSSR count). The molecule has 120 valence electrons. The lowest BCUT2D eigenvalue weighted by atomic mass is 9.85. The Kier molecular flexibility index (Phi) is 7.41.